The van der Waals surface area contributed by atoms with Gasteiger partial charge in [0.15, 0.2) is 0 Å². The van der Waals surface area contributed by atoms with Crippen LogP contribution >= 0.6 is 12.4 Å². The van der Waals surface area contributed by atoms with Crippen molar-refractivity contribution in [1.82, 2.24) is 0 Å². The van der Waals surface area contributed by atoms with E-state index in [1.165, 1.54) is 36.4 Å². The number of hydrogen-bond acceptors (Lipinski definition) is 1. The first-order valence-corrected chi connectivity index (χ1v) is 5.56. The van der Waals surface area contributed by atoms with Gasteiger partial charge in [0.05, 0.1) is 11.6 Å². The van der Waals surface area contributed by atoms with Crippen LogP contribution in [0.2, 0.25) is 0 Å². The van der Waals surface area contributed by atoms with Crippen LogP contribution in [0.1, 0.15) is 22.7 Å². The Morgan fingerprint density at radius 2 is 1.20 bits per heavy atom. The fourth-order valence-corrected chi connectivity index (χ4v) is 1.74. The van der Waals surface area contributed by atoms with E-state index in [0.717, 1.165) is 12.1 Å². The topological polar surface area (TPSA) is 26.0 Å². The van der Waals surface area contributed by atoms with Gasteiger partial charge in [0.1, 0.15) is 5.82 Å². The molecule has 0 saturated carbocycles. The van der Waals surface area contributed by atoms with Crippen molar-refractivity contribution in [3.63, 3.8) is 0 Å². The van der Waals surface area contributed by atoms with Crippen molar-refractivity contribution in [3.8, 4) is 0 Å². The van der Waals surface area contributed by atoms with Crippen LogP contribution in [-0.4, -0.2) is 0 Å². The van der Waals surface area contributed by atoms with E-state index >= 15 is 0 Å². The van der Waals surface area contributed by atoms with Gasteiger partial charge in [-0.25, -0.2) is 4.39 Å². The molecule has 20 heavy (non-hydrogen) atoms. The molecule has 2 aromatic rings. The number of nitrogens with two attached hydrogens (primary N) is 1. The summed E-state index contributed by atoms with van der Waals surface area (Å²) in [5.41, 5.74) is 6.38. The highest BCUT2D eigenvalue weighted by molar-refractivity contribution is 5.85. The van der Waals surface area contributed by atoms with Gasteiger partial charge in [0.25, 0.3) is 0 Å². The molecule has 6 heteroatoms. The third-order valence-electron chi connectivity index (χ3n) is 2.83. The van der Waals surface area contributed by atoms with Crippen LogP contribution < -0.4 is 5.73 Å². The molecule has 0 bridgehead atoms. The summed E-state index contributed by atoms with van der Waals surface area (Å²) in [6, 6.07) is 9.60. The van der Waals surface area contributed by atoms with Gasteiger partial charge in [-0.05, 0) is 35.4 Å². The summed E-state index contributed by atoms with van der Waals surface area (Å²) in [6.07, 6.45) is -4.36. The third kappa shape index (κ3) is 3.71. The first-order chi connectivity index (χ1) is 8.88. The molecule has 2 rings (SSSR count). The van der Waals surface area contributed by atoms with Crippen molar-refractivity contribution in [2.75, 3.05) is 0 Å². The van der Waals surface area contributed by atoms with Crippen LogP contribution in [-0.2, 0) is 6.18 Å². The van der Waals surface area contributed by atoms with Crippen molar-refractivity contribution >= 4 is 12.4 Å². The smallest absolute Gasteiger partial charge is 0.320 e. The fraction of sp³-hybridized carbons (Fsp3) is 0.143. The second-order valence-corrected chi connectivity index (χ2v) is 4.15. The Balaban J connectivity index is 0.00000200. The number of hydrogen-bond donors (Lipinski definition) is 1. The van der Waals surface area contributed by atoms with Gasteiger partial charge in [0, 0.05) is 0 Å². The highest BCUT2D eigenvalue weighted by atomic mass is 35.5. The Morgan fingerprint density at radius 3 is 1.60 bits per heavy atom. The van der Waals surface area contributed by atoms with E-state index in [1.807, 2.05) is 0 Å². The van der Waals surface area contributed by atoms with Gasteiger partial charge in [-0.1, -0.05) is 24.3 Å². The monoisotopic (exact) mass is 305 g/mol. The molecule has 2 aromatic carbocycles. The third-order valence-corrected chi connectivity index (χ3v) is 2.83. The Labute approximate surface area is 119 Å². The van der Waals surface area contributed by atoms with Gasteiger partial charge >= 0.3 is 6.18 Å². The van der Waals surface area contributed by atoms with Crippen LogP contribution in [0.15, 0.2) is 48.5 Å². The molecule has 0 aliphatic heterocycles. The maximum Gasteiger partial charge on any atom is 0.416 e. The highest BCUT2D eigenvalue weighted by Gasteiger charge is 2.30. The molecule has 0 heterocycles. The van der Waals surface area contributed by atoms with Crippen molar-refractivity contribution in [2.24, 2.45) is 5.73 Å². The zero-order chi connectivity index (χ0) is 14.0. The van der Waals surface area contributed by atoms with Crippen molar-refractivity contribution in [1.29, 1.82) is 0 Å². The maximum absolute atomic E-state index is 12.8. The fourth-order valence-electron chi connectivity index (χ4n) is 1.74. The summed E-state index contributed by atoms with van der Waals surface area (Å²) >= 11 is 0. The first-order valence-electron chi connectivity index (χ1n) is 5.56. The Bertz CT molecular complexity index is 549. The van der Waals surface area contributed by atoms with E-state index in [-0.39, 0.29) is 18.2 Å². The molecular formula is C14H12ClF4N. The molecule has 0 fully saturated rings. The van der Waals surface area contributed by atoms with Crippen LogP contribution in [0.4, 0.5) is 17.6 Å². The predicted molar refractivity (Wildman–Crippen MR) is 71.1 cm³/mol. The molecule has 0 aliphatic carbocycles. The lowest BCUT2D eigenvalue weighted by molar-refractivity contribution is -0.137. The molecule has 0 spiro atoms. The van der Waals surface area contributed by atoms with E-state index in [0.29, 0.717) is 11.1 Å². The average molecular weight is 306 g/mol. The Morgan fingerprint density at radius 1 is 0.800 bits per heavy atom. The van der Waals surface area contributed by atoms with Crippen molar-refractivity contribution in [3.05, 3.63) is 71.0 Å². The molecule has 0 aromatic heterocycles. The van der Waals surface area contributed by atoms with E-state index in [4.69, 9.17) is 5.73 Å². The lowest BCUT2D eigenvalue weighted by Gasteiger charge is -2.14. The Hall–Kier alpha value is -1.59. The quantitative estimate of drug-likeness (QED) is 0.822. The van der Waals surface area contributed by atoms with E-state index in [9.17, 15) is 17.6 Å². The number of halogens is 5. The van der Waals surface area contributed by atoms with E-state index < -0.39 is 17.8 Å². The molecule has 0 saturated heterocycles. The van der Waals surface area contributed by atoms with Crippen LogP contribution in [0.3, 0.4) is 0 Å². The standard InChI is InChI=1S/C14H11F4N.ClH/c15-12-7-3-10(4-8-12)13(19)9-1-5-11(6-2-9)14(16,17)18;/h1-8,13H,19H2;1H. The van der Waals surface area contributed by atoms with Crippen LogP contribution in [0.25, 0.3) is 0 Å². The van der Waals surface area contributed by atoms with Crippen LogP contribution in [0.5, 0.6) is 0 Å². The molecule has 1 atom stereocenters. The SMILES string of the molecule is Cl.NC(c1ccc(F)cc1)c1ccc(C(F)(F)F)cc1. The molecule has 1 nitrogen and oxygen atoms in total. The minimum atomic E-state index is -4.36. The molecule has 0 radical (unpaired) electrons. The lowest BCUT2D eigenvalue weighted by atomic mass is 9.98. The summed E-state index contributed by atoms with van der Waals surface area (Å²) in [5.74, 6) is -0.386. The molecule has 0 aliphatic rings. The molecule has 1 unspecified atom stereocenters. The van der Waals surface area contributed by atoms with Gasteiger partial charge in [0.2, 0.25) is 0 Å². The summed E-state index contributed by atoms with van der Waals surface area (Å²) in [5, 5.41) is 0. The minimum absolute atomic E-state index is 0. The summed E-state index contributed by atoms with van der Waals surface area (Å²) in [4.78, 5) is 0. The normalized spacial score (nSPS) is 12.7. The lowest BCUT2D eigenvalue weighted by Crippen LogP contribution is -2.12. The van der Waals surface area contributed by atoms with Gasteiger partial charge in [-0.15, -0.1) is 12.4 Å². The Kier molecular flexibility index (Phi) is 5.14. The van der Waals surface area contributed by atoms with Crippen molar-refractivity contribution in [2.45, 2.75) is 12.2 Å². The van der Waals surface area contributed by atoms with Gasteiger partial charge in [-0.2, -0.15) is 13.2 Å². The molecule has 0 amide bonds. The van der Waals surface area contributed by atoms with Crippen LogP contribution in [0, 0.1) is 5.82 Å². The number of rotatable bonds is 2. The van der Waals surface area contributed by atoms with E-state index in [1.54, 1.807) is 0 Å². The maximum atomic E-state index is 12.8. The molecule has 108 valence electrons. The summed E-state index contributed by atoms with van der Waals surface area (Å²) in [6.45, 7) is 0. The highest BCUT2D eigenvalue weighted by Crippen LogP contribution is 2.30. The minimum Gasteiger partial charge on any atom is -0.320 e. The predicted octanol–water partition coefficient (Wildman–Crippen LogP) is 4.31. The average Bonchev–Trinajstić information content (AvgIpc) is 2.38. The second kappa shape index (κ2) is 6.24. The second-order valence-electron chi connectivity index (χ2n) is 4.15. The summed E-state index contributed by atoms with van der Waals surface area (Å²) in [7, 11) is 0. The largest absolute Gasteiger partial charge is 0.416 e. The molecule has 2 N–H and O–H groups in total. The zero-order valence-electron chi connectivity index (χ0n) is 10.2. The molecular weight excluding hydrogens is 294 g/mol. The summed E-state index contributed by atoms with van der Waals surface area (Å²) < 4.78 is 50.0. The number of benzene rings is 2. The zero-order valence-corrected chi connectivity index (χ0v) is 11.0. The number of alkyl halides is 3. The van der Waals surface area contributed by atoms with E-state index in [2.05, 4.69) is 0 Å². The first kappa shape index (κ1) is 16.5. The van der Waals surface area contributed by atoms with Gasteiger partial charge in [-0.3, -0.25) is 0 Å². The van der Waals surface area contributed by atoms with Crippen molar-refractivity contribution < 1.29 is 17.6 Å². The van der Waals surface area contributed by atoms with Gasteiger partial charge < -0.3 is 5.73 Å².